The van der Waals surface area contributed by atoms with Gasteiger partial charge < -0.3 is 9.47 Å². The Morgan fingerprint density at radius 1 is 1.00 bits per heavy atom. The highest BCUT2D eigenvalue weighted by Gasteiger charge is 2.23. The molecule has 0 saturated carbocycles. The van der Waals surface area contributed by atoms with Crippen LogP contribution in [0.1, 0.15) is 37.5 Å². The summed E-state index contributed by atoms with van der Waals surface area (Å²) in [5, 5.41) is 0. The predicted octanol–water partition coefficient (Wildman–Crippen LogP) is 4.68. The SMILES string of the molecule is COc1cc(CNS(C)(=O)=O)c(-c2cccnc2OCc2ccccc2)cc1C(C)(C)C. The molecule has 0 atom stereocenters. The maximum absolute atomic E-state index is 11.8. The van der Waals surface area contributed by atoms with Gasteiger partial charge in [-0.3, -0.25) is 0 Å². The Balaban J connectivity index is 2.10. The third kappa shape index (κ3) is 6.08. The van der Waals surface area contributed by atoms with Crippen LogP contribution in [-0.4, -0.2) is 26.8 Å². The molecule has 0 radical (unpaired) electrons. The Bertz CT molecular complexity index is 1170. The Morgan fingerprint density at radius 2 is 1.72 bits per heavy atom. The summed E-state index contributed by atoms with van der Waals surface area (Å²) in [4.78, 5) is 4.46. The molecule has 3 aromatic rings. The number of methoxy groups -OCH3 is 1. The monoisotopic (exact) mass is 454 g/mol. The summed E-state index contributed by atoms with van der Waals surface area (Å²) in [6.07, 6.45) is 2.83. The van der Waals surface area contributed by atoms with E-state index in [1.807, 2.05) is 54.6 Å². The molecule has 7 heteroatoms. The summed E-state index contributed by atoms with van der Waals surface area (Å²) < 4.78 is 37.9. The number of ether oxygens (including phenoxy) is 2. The largest absolute Gasteiger partial charge is 0.496 e. The van der Waals surface area contributed by atoms with Crippen LogP contribution in [0.4, 0.5) is 0 Å². The maximum Gasteiger partial charge on any atom is 0.221 e. The van der Waals surface area contributed by atoms with E-state index in [2.05, 4.69) is 30.5 Å². The molecule has 1 heterocycles. The minimum absolute atomic E-state index is 0.127. The van der Waals surface area contributed by atoms with E-state index in [1.54, 1.807) is 13.3 Å². The van der Waals surface area contributed by atoms with Crippen LogP contribution < -0.4 is 14.2 Å². The lowest BCUT2D eigenvalue weighted by Crippen LogP contribution is -2.22. The van der Waals surface area contributed by atoms with Crippen LogP contribution in [0.25, 0.3) is 11.1 Å². The molecule has 170 valence electrons. The van der Waals surface area contributed by atoms with Gasteiger partial charge in [0.1, 0.15) is 12.4 Å². The van der Waals surface area contributed by atoms with Gasteiger partial charge in [0.25, 0.3) is 0 Å². The first-order valence-electron chi connectivity index (χ1n) is 10.4. The molecule has 1 N–H and O–H groups in total. The zero-order valence-corrected chi connectivity index (χ0v) is 20.0. The third-order valence-corrected chi connectivity index (χ3v) is 5.71. The van der Waals surface area contributed by atoms with E-state index in [4.69, 9.17) is 9.47 Å². The highest BCUT2D eigenvalue weighted by Crippen LogP contribution is 2.39. The van der Waals surface area contributed by atoms with Gasteiger partial charge in [-0.2, -0.15) is 0 Å². The first-order valence-corrected chi connectivity index (χ1v) is 12.3. The molecule has 0 spiro atoms. The van der Waals surface area contributed by atoms with Gasteiger partial charge in [0.2, 0.25) is 15.9 Å². The molecular weight excluding hydrogens is 424 g/mol. The van der Waals surface area contributed by atoms with Crippen molar-refractivity contribution < 1.29 is 17.9 Å². The zero-order chi connectivity index (χ0) is 23.4. The van der Waals surface area contributed by atoms with Crippen LogP contribution in [0.5, 0.6) is 11.6 Å². The highest BCUT2D eigenvalue weighted by molar-refractivity contribution is 7.88. The molecule has 2 aromatic carbocycles. The Hall–Kier alpha value is -2.90. The fraction of sp³-hybridized carbons (Fsp3) is 0.320. The smallest absolute Gasteiger partial charge is 0.221 e. The number of rotatable bonds is 8. The summed E-state index contributed by atoms with van der Waals surface area (Å²) in [6.45, 7) is 6.84. The number of nitrogens with zero attached hydrogens (tertiary/aromatic N) is 1. The van der Waals surface area contributed by atoms with E-state index in [-0.39, 0.29) is 12.0 Å². The third-order valence-electron chi connectivity index (χ3n) is 5.04. The summed E-state index contributed by atoms with van der Waals surface area (Å²) in [5.74, 6) is 1.20. The summed E-state index contributed by atoms with van der Waals surface area (Å²) in [7, 11) is -1.75. The van der Waals surface area contributed by atoms with Crippen molar-refractivity contribution in [2.45, 2.75) is 39.3 Å². The van der Waals surface area contributed by atoms with Crippen molar-refractivity contribution in [2.24, 2.45) is 0 Å². The number of sulfonamides is 1. The molecule has 0 aliphatic heterocycles. The fourth-order valence-electron chi connectivity index (χ4n) is 3.42. The van der Waals surface area contributed by atoms with Crippen molar-refractivity contribution in [3.05, 3.63) is 77.5 Å². The van der Waals surface area contributed by atoms with Crippen molar-refractivity contribution in [3.8, 4) is 22.8 Å². The number of pyridine rings is 1. The minimum Gasteiger partial charge on any atom is -0.496 e. The van der Waals surface area contributed by atoms with E-state index in [0.717, 1.165) is 34.1 Å². The Labute approximate surface area is 190 Å². The van der Waals surface area contributed by atoms with Gasteiger partial charge in [0, 0.05) is 23.9 Å². The van der Waals surface area contributed by atoms with E-state index >= 15 is 0 Å². The van der Waals surface area contributed by atoms with Crippen LogP contribution in [0.2, 0.25) is 0 Å². The first-order chi connectivity index (χ1) is 15.1. The molecule has 0 fully saturated rings. The predicted molar refractivity (Wildman–Crippen MR) is 127 cm³/mol. The van der Waals surface area contributed by atoms with Crippen molar-refractivity contribution in [1.82, 2.24) is 9.71 Å². The first kappa shape index (κ1) is 23.8. The second-order valence-corrected chi connectivity index (χ2v) is 10.5. The standard InChI is InChI=1S/C25H30N2O4S/c1-25(2,3)22-15-21(19(14-23(22)30-4)16-27-32(5,28)29)20-12-9-13-26-24(20)31-17-18-10-7-6-8-11-18/h6-15,27H,16-17H2,1-5H3. The molecule has 32 heavy (non-hydrogen) atoms. The van der Waals surface area contributed by atoms with Gasteiger partial charge in [-0.15, -0.1) is 0 Å². The normalized spacial score (nSPS) is 11.9. The number of aromatic nitrogens is 1. The molecule has 0 unspecified atom stereocenters. The minimum atomic E-state index is -3.37. The van der Waals surface area contributed by atoms with Crippen LogP contribution in [0.15, 0.2) is 60.8 Å². The molecule has 6 nitrogen and oxygen atoms in total. The highest BCUT2D eigenvalue weighted by atomic mass is 32.2. The number of benzene rings is 2. The van der Waals surface area contributed by atoms with E-state index in [1.165, 1.54) is 0 Å². The van der Waals surface area contributed by atoms with E-state index in [9.17, 15) is 8.42 Å². The number of hydrogen-bond donors (Lipinski definition) is 1. The summed E-state index contributed by atoms with van der Waals surface area (Å²) >= 11 is 0. The Kier molecular flexibility index (Phi) is 7.21. The average molecular weight is 455 g/mol. The van der Waals surface area contributed by atoms with Crippen LogP contribution in [0, 0.1) is 0 Å². The second kappa shape index (κ2) is 9.71. The van der Waals surface area contributed by atoms with Gasteiger partial charge in [0.05, 0.1) is 13.4 Å². The van der Waals surface area contributed by atoms with Crippen molar-refractivity contribution in [3.63, 3.8) is 0 Å². The Morgan fingerprint density at radius 3 is 2.34 bits per heavy atom. The molecule has 0 amide bonds. The van der Waals surface area contributed by atoms with Gasteiger partial charge in [-0.25, -0.2) is 18.1 Å². The number of hydrogen-bond acceptors (Lipinski definition) is 5. The topological polar surface area (TPSA) is 77.5 Å². The van der Waals surface area contributed by atoms with Gasteiger partial charge in [-0.05, 0) is 46.4 Å². The second-order valence-electron chi connectivity index (χ2n) is 8.68. The molecule has 0 aliphatic rings. The van der Waals surface area contributed by atoms with Gasteiger partial charge in [-0.1, -0.05) is 51.1 Å². The van der Waals surface area contributed by atoms with Gasteiger partial charge in [0.15, 0.2) is 0 Å². The van der Waals surface area contributed by atoms with Crippen LogP contribution in [0.3, 0.4) is 0 Å². The lowest BCUT2D eigenvalue weighted by atomic mass is 9.83. The molecule has 0 aliphatic carbocycles. The quantitative estimate of drug-likeness (QED) is 0.535. The lowest BCUT2D eigenvalue weighted by molar-refractivity contribution is 0.295. The van der Waals surface area contributed by atoms with Crippen LogP contribution >= 0.6 is 0 Å². The zero-order valence-electron chi connectivity index (χ0n) is 19.2. The molecule has 0 bridgehead atoms. The van der Waals surface area contributed by atoms with Crippen molar-refractivity contribution >= 4 is 10.0 Å². The molecular formula is C25H30N2O4S. The van der Waals surface area contributed by atoms with Gasteiger partial charge >= 0.3 is 0 Å². The molecule has 1 aromatic heterocycles. The maximum atomic E-state index is 11.8. The van der Waals surface area contributed by atoms with Crippen molar-refractivity contribution in [1.29, 1.82) is 0 Å². The lowest BCUT2D eigenvalue weighted by Gasteiger charge is -2.25. The van der Waals surface area contributed by atoms with Crippen LogP contribution in [-0.2, 0) is 28.6 Å². The summed E-state index contributed by atoms with van der Waals surface area (Å²) in [5.41, 5.74) is 4.28. The number of nitrogens with one attached hydrogen (secondary N) is 1. The van der Waals surface area contributed by atoms with E-state index < -0.39 is 10.0 Å². The molecule has 0 saturated heterocycles. The average Bonchev–Trinajstić information content (AvgIpc) is 2.75. The molecule has 3 rings (SSSR count). The van der Waals surface area contributed by atoms with E-state index in [0.29, 0.717) is 18.2 Å². The van der Waals surface area contributed by atoms with Crippen molar-refractivity contribution in [2.75, 3.05) is 13.4 Å². The fourth-order valence-corrected chi connectivity index (χ4v) is 3.84. The summed E-state index contributed by atoms with van der Waals surface area (Å²) in [6, 6.07) is 17.6.